The molecule has 144 valence electrons. The largest absolute Gasteiger partial charge is 0.340 e. The van der Waals surface area contributed by atoms with Gasteiger partial charge in [0.05, 0.1) is 0 Å². The van der Waals surface area contributed by atoms with Crippen molar-refractivity contribution >= 4 is 5.91 Å². The molecule has 3 rings (SSSR count). The third-order valence-electron chi connectivity index (χ3n) is 5.99. The fraction of sp³-hybridized carbons (Fsp3) is 0.667. The highest BCUT2D eigenvalue weighted by molar-refractivity contribution is 5.76. The summed E-state index contributed by atoms with van der Waals surface area (Å²) in [4.78, 5) is 19.4. The smallest absolute Gasteiger partial charge is 0.223 e. The first-order valence-corrected chi connectivity index (χ1v) is 10.1. The Balaban J connectivity index is 1.42. The van der Waals surface area contributed by atoms with Crippen LogP contribution in [0.5, 0.6) is 0 Å². The highest BCUT2D eigenvalue weighted by Gasteiger charge is 2.28. The van der Waals surface area contributed by atoms with Crippen molar-refractivity contribution in [2.24, 2.45) is 0 Å². The number of nitrogens with zero attached hydrogens (tertiary/aromatic N) is 3. The van der Waals surface area contributed by atoms with Crippen molar-refractivity contribution in [2.45, 2.75) is 44.8 Å². The van der Waals surface area contributed by atoms with Crippen LogP contribution in [0.25, 0.3) is 0 Å². The van der Waals surface area contributed by atoms with Crippen LogP contribution in [0.3, 0.4) is 0 Å². The van der Waals surface area contributed by atoms with E-state index in [0.29, 0.717) is 24.4 Å². The van der Waals surface area contributed by atoms with Gasteiger partial charge in [-0.3, -0.25) is 9.69 Å². The lowest BCUT2D eigenvalue weighted by Crippen LogP contribution is -2.49. The molecule has 2 unspecified atom stereocenters. The van der Waals surface area contributed by atoms with Crippen molar-refractivity contribution in [1.82, 2.24) is 20.0 Å². The molecule has 0 radical (unpaired) electrons. The number of benzene rings is 1. The molecule has 0 aromatic heterocycles. The summed E-state index contributed by atoms with van der Waals surface area (Å²) >= 11 is 0. The van der Waals surface area contributed by atoms with Gasteiger partial charge in [-0.25, -0.2) is 0 Å². The topological polar surface area (TPSA) is 38.8 Å². The number of carbonyl (C=O) groups is 1. The van der Waals surface area contributed by atoms with Crippen molar-refractivity contribution in [1.29, 1.82) is 0 Å². The van der Waals surface area contributed by atoms with Crippen LogP contribution in [0, 0.1) is 0 Å². The number of piperidine rings is 1. The van der Waals surface area contributed by atoms with Gasteiger partial charge in [0.25, 0.3) is 0 Å². The second-order valence-corrected chi connectivity index (χ2v) is 7.84. The van der Waals surface area contributed by atoms with E-state index < -0.39 is 0 Å². The molecule has 5 heteroatoms. The van der Waals surface area contributed by atoms with Crippen LogP contribution < -0.4 is 5.32 Å². The molecule has 0 bridgehead atoms. The molecule has 5 nitrogen and oxygen atoms in total. The fourth-order valence-corrected chi connectivity index (χ4v) is 4.18. The average Bonchev–Trinajstić information content (AvgIpc) is 2.69. The van der Waals surface area contributed by atoms with E-state index in [1.165, 1.54) is 18.4 Å². The molecule has 1 N–H and O–H groups in total. The lowest BCUT2D eigenvalue weighted by Gasteiger charge is -2.41. The highest BCUT2D eigenvalue weighted by atomic mass is 16.2. The van der Waals surface area contributed by atoms with Gasteiger partial charge in [-0.1, -0.05) is 30.3 Å². The van der Waals surface area contributed by atoms with Crippen molar-refractivity contribution in [3.05, 3.63) is 35.9 Å². The van der Waals surface area contributed by atoms with Crippen LogP contribution in [0.15, 0.2) is 30.3 Å². The standard InChI is InChI=1S/C21H34N4O/c1-18-16-20(8-13-25(18)17-19-6-4-3-5-7-19)23(2)12-9-21(26)24-14-10-22-11-15-24/h3-7,18,20,22H,8-17H2,1-2H3. The summed E-state index contributed by atoms with van der Waals surface area (Å²) in [5.41, 5.74) is 1.40. The van der Waals surface area contributed by atoms with Crippen molar-refractivity contribution in [2.75, 3.05) is 46.3 Å². The third-order valence-corrected chi connectivity index (χ3v) is 5.99. The van der Waals surface area contributed by atoms with Crippen LogP contribution in [-0.2, 0) is 11.3 Å². The van der Waals surface area contributed by atoms with Crippen molar-refractivity contribution in [3.8, 4) is 0 Å². The Kier molecular flexibility index (Phi) is 7.06. The van der Waals surface area contributed by atoms with Crippen LogP contribution in [-0.4, -0.2) is 79.0 Å². The summed E-state index contributed by atoms with van der Waals surface area (Å²) in [5.74, 6) is 0.313. The van der Waals surface area contributed by atoms with E-state index in [2.05, 4.69) is 59.4 Å². The Morgan fingerprint density at radius 3 is 2.62 bits per heavy atom. The molecule has 2 saturated heterocycles. The van der Waals surface area contributed by atoms with Crippen LogP contribution >= 0.6 is 0 Å². The van der Waals surface area contributed by atoms with Gasteiger partial charge < -0.3 is 15.1 Å². The van der Waals surface area contributed by atoms with E-state index in [9.17, 15) is 4.79 Å². The molecule has 0 saturated carbocycles. The Labute approximate surface area is 158 Å². The zero-order valence-electron chi connectivity index (χ0n) is 16.4. The maximum atomic E-state index is 12.4. The number of carbonyl (C=O) groups excluding carboxylic acids is 1. The molecule has 2 aliphatic heterocycles. The minimum absolute atomic E-state index is 0.313. The summed E-state index contributed by atoms with van der Waals surface area (Å²) in [6.45, 7) is 8.97. The number of piperazine rings is 1. The van der Waals surface area contributed by atoms with E-state index in [1.807, 2.05) is 4.90 Å². The van der Waals surface area contributed by atoms with Gasteiger partial charge in [0.1, 0.15) is 0 Å². The summed E-state index contributed by atoms with van der Waals surface area (Å²) in [7, 11) is 2.19. The van der Waals surface area contributed by atoms with Gasteiger partial charge >= 0.3 is 0 Å². The first kappa shape index (κ1) is 19.3. The van der Waals surface area contributed by atoms with E-state index in [0.717, 1.165) is 45.8 Å². The van der Waals surface area contributed by atoms with Crippen molar-refractivity contribution in [3.63, 3.8) is 0 Å². The monoisotopic (exact) mass is 358 g/mol. The van der Waals surface area contributed by atoms with E-state index in [1.54, 1.807) is 0 Å². The van der Waals surface area contributed by atoms with E-state index in [4.69, 9.17) is 0 Å². The molecule has 2 heterocycles. The van der Waals surface area contributed by atoms with Crippen molar-refractivity contribution < 1.29 is 4.79 Å². The number of nitrogens with one attached hydrogen (secondary N) is 1. The zero-order valence-corrected chi connectivity index (χ0v) is 16.4. The van der Waals surface area contributed by atoms with Gasteiger partial charge in [0.15, 0.2) is 0 Å². The minimum atomic E-state index is 0.313. The molecule has 26 heavy (non-hydrogen) atoms. The lowest BCUT2D eigenvalue weighted by molar-refractivity contribution is -0.132. The number of hydrogen-bond donors (Lipinski definition) is 1. The van der Waals surface area contributed by atoms with E-state index >= 15 is 0 Å². The van der Waals surface area contributed by atoms with Gasteiger partial charge in [0, 0.05) is 64.3 Å². The molecular weight excluding hydrogens is 324 g/mol. The second kappa shape index (κ2) is 9.49. The predicted octanol–water partition coefficient (Wildman–Crippen LogP) is 1.79. The first-order valence-electron chi connectivity index (χ1n) is 10.1. The molecule has 2 aliphatic rings. The molecule has 1 amide bonds. The number of rotatable bonds is 6. The van der Waals surface area contributed by atoms with Crippen LogP contribution in [0.4, 0.5) is 0 Å². The Morgan fingerprint density at radius 2 is 1.92 bits per heavy atom. The number of hydrogen-bond acceptors (Lipinski definition) is 4. The van der Waals surface area contributed by atoms with Gasteiger partial charge in [-0.15, -0.1) is 0 Å². The quantitative estimate of drug-likeness (QED) is 0.842. The maximum absolute atomic E-state index is 12.4. The van der Waals surface area contributed by atoms with Gasteiger partial charge in [0.2, 0.25) is 5.91 Å². The summed E-state index contributed by atoms with van der Waals surface area (Å²) < 4.78 is 0. The Bertz CT molecular complexity index is 558. The van der Waals surface area contributed by atoms with Gasteiger partial charge in [-0.2, -0.15) is 0 Å². The maximum Gasteiger partial charge on any atom is 0.223 e. The molecular formula is C21H34N4O. The van der Waals surface area contributed by atoms with Crippen LogP contribution in [0.2, 0.25) is 0 Å². The summed E-state index contributed by atoms with van der Waals surface area (Å²) in [6.07, 6.45) is 3.02. The summed E-state index contributed by atoms with van der Waals surface area (Å²) in [5, 5.41) is 3.30. The number of amides is 1. The SMILES string of the molecule is CC1CC(N(C)CCC(=O)N2CCNCC2)CCN1Cc1ccccc1. The molecule has 0 spiro atoms. The second-order valence-electron chi connectivity index (χ2n) is 7.84. The highest BCUT2D eigenvalue weighted by Crippen LogP contribution is 2.23. The normalized spacial score (nSPS) is 24.8. The predicted molar refractivity (Wildman–Crippen MR) is 106 cm³/mol. The fourth-order valence-electron chi connectivity index (χ4n) is 4.18. The van der Waals surface area contributed by atoms with Crippen LogP contribution in [0.1, 0.15) is 31.7 Å². The lowest BCUT2D eigenvalue weighted by atomic mass is 9.96. The Hall–Kier alpha value is -1.43. The zero-order chi connectivity index (χ0) is 18.4. The van der Waals surface area contributed by atoms with E-state index in [-0.39, 0.29) is 0 Å². The molecule has 1 aromatic rings. The number of likely N-dealkylation sites (tertiary alicyclic amines) is 1. The molecule has 2 atom stereocenters. The molecule has 0 aliphatic carbocycles. The first-order chi connectivity index (χ1) is 12.6. The summed E-state index contributed by atoms with van der Waals surface area (Å²) in [6, 6.07) is 11.9. The average molecular weight is 359 g/mol. The molecule has 1 aromatic carbocycles. The molecule has 2 fully saturated rings. The third kappa shape index (κ3) is 5.29. The Morgan fingerprint density at radius 1 is 1.19 bits per heavy atom. The minimum Gasteiger partial charge on any atom is -0.340 e. The van der Waals surface area contributed by atoms with Gasteiger partial charge in [-0.05, 0) is 32.4 Å².